The molecule has 4 heteroatoms. The maximum absolute atomic E-state index is 6.00. The Morgan fingerprint density at radius 1 is 1.05 bits per heavy atom. The molecule has 0 fully saturated rings. The molecular formula is C15H15NO3. The first kappa shape index (κ1) is 11.9. The molecule has 1 aromatic carbocycles. The summed E-state index contributed by atoms with van der Waals surface area (Å²) in [4.78, 5) is 0. The lowest BCUT2D eigenvalue weighted by molar-refractivity contribution is 0.169. The lowest BCUT2D eigenvalue weighted by Gasteiger charge is -2.16. The molecule has 19 heavy (non-hydrogen) atoms. The van der Waals surface area contributed by atoms with Crippen molar-refractivity contribution in [1.82, 2.24) is 0 Å². The standard InChI is InChI=1S/C15H15NO3/c16-8-6-13(12-5-2-9-17-12)19-14-4-1-3-11-7-10-18-15(11)14/h1-5,7,9-10,13H,6,8,16H2. The predicted molar refractivity (Wildman–Crippen MR) is 72.0 cm³/mol. The highest BCUT2D eigenvalue weighted by Crippen LogP contribution is 2.31. The van der Waals surface area contributed by atoms with Crippen LogP contribution in [-0.4, -0.2) is 6.54 Å². The fraction of sp³-hybridized carbons (Fsp3) is 0.200. The summed E-state index contributed by atoms with van der Waals surface area (Å²) in [5.74, 6) is 1.48. The quantitative estimate of drug-likeness (QED) is 0.760. The molecule has 1 unspecified atom stereocenters. The average molecular weight is 257 g/mol. The smallest absolute Gasteiger partial charge is 0.175 e. The highest BCUT2D eigenvalue weighted by Gasteiger charge is 2.17. The maximum atomic E-state index is 6.00. The molecule has 0 saturated carbocycles. The monoisotopic (exact) mass is 257 g/mol. The van der Waals surface area contributed by atoms with E-state index in [4.69, 9.17) is 19.3 Å². The first-order valence-electron chi connectivity index (χ1n) is 6.25. The van der Waals surface area contributed by atoms with Crippen molar-refractivity contribution in [3.8, 4) is 5.75 Å². The van der Waals surface area contributed by atoms with Gasteiger partial charge in [-0.15, -0.1) is 0 Å². The molecule has 2 N–H and O–H groups in total. The highest BCUT2D eigenvalue weighted by atomic mass is 16.5. The zero-order valence-corrected chi connectivity index (χ0v) is 10.4. The van der Waals surface area contributed by atoms with Crippen molar-refractivity contribution in [2.75, 3.05) is 6.54 Å². The molecule has 0 aliphatic carbocycles. The second-order valence-corrected chi connectivity index (χ2v) is 4.29. The molecular weight excluding hydrogens is 242 g/mol. The minimum atomic E-state index is -0.198. The summed E-state index contributed by atoms with van der Waals surface area (Å²) < 4.78 is 16.9. The van der Waals surface area contributed by atoms with Gasteiger partial charge in [0.25, 0.3) is 0 Å². The van der Waals surface area contributed by atoms with E-state index >= 15 is 0 Å². The molecule has 0 aliphatic heterocycles. The van der Waals surface area contributed by atoms with Gasteiger partial charge in [-0.1, -0.05) is 12.1 Å². The van der Waals surface area contributed by atoms with Crippen molar-refractivity contribution >= 4 is 11.0 Å². The van der Waals surface area contributed by atoms with Crippen LogP contribution in [0.4, 0.5) is 0 Å². The Bertz CT molecular complexity index is 642. The molecule has 4 nitrogen and oxygen atoms in total. The van der Waals surface area contributed by atoms with E-state index in [1.165, 1.54) is 0 Å². The highest BCUT2D eigenvalue weighted by molar-refractivity contribution is 5.82. The third-order valence-corrected chi connectivity index (χ3v) is 3.00. The average Bonchev–Trinajstić information content (AvgIpc) is 3.10. The van der Waals surface area contributed by atoms with Crippen LogP contribution in [-0.2, 0) is 0 Å². The van der Waals surface area contributed by atoms with Crippen molar-refractivity contribution in [3.63, 3.8) is 0 Å². The van der Waals surface area contributed by atoms with E-state index in [1.54, 1.807) is 12.5 Å². The van der Waals surface area contributed by atoms with E-state index in [9.17, 15) is 0 Å². The predicted octanol–water partition coefficient (Wildman–Crippen LogP) is 3.49. The molecule has 0 aliphatic rings. The van der Waals surface area contributed by atoms with Crippen LogP contribution in [0.5, 0.6) is 5.75 Å². The Labute approximate surface area is 110 Å². The van der Waals surface area contributed by atoms with Crippen LogP contribution >= 0.6 is 0 Å². The van der Waals surface area contributed by atoms with Gasteiger partial charge in [-0.2, -0.15) is 0 Å². The van der Waals surface area contributed by atoms with Gasteiger partial charge in [0.15, 0.2) is 17.4 Å². The number of hydrogen-bond acceptors (Lipinski definition) is 4. The molecule has 98 valence electrons. The Kier molecular flexibility index (Phi) is 3.25. The molecule has 0 saturated heterocycles. The molecule has 0 amide bonds. The molecule has 3 rings (SSSR count). The topological polar surface area (TPSA) is 61.5 Å². The summed E-state index contributed by atoms with van der Waals surface area (Å²) in [5, 5.41) is 1.02. The SMILES string of the molecule is NCCC(Oc1cccc2ccoc12)c1ccco1. The fourth-order valence-electron chi connectivity index (χ4n) is 2.10. The zero-order chi connectivity index (χ0) is 13.1. The van der Waals surface area contributed by atoms with E-state index in [1.807, 2.05) is 36.4 Å². The Balaban J connectivity index is 1.91. The molecule has 2 aromatic heterocycles. The summed E-state index contributed by atoms with van der Waals surface area (Å²) >= 11 is 0. The number of para-hydroxylation sites is 1. The van der Waals surface area contributed by atoms with Crippen LogP contribution in [0.15, 0.2) is 57.8 Å². The van der Waals surface area contributed by atoms with Crippen LogP contribution < -0.4 is 10.5 Å². The van der Waals surface area contributed by atoms with Gasteiger partial charge in [0, 0.05) is 11.8 Å². The van der Waals surface area contributed by atoms with Crippen LogP contribution in [0.25, 0.3) is 11.0 Å². The van der Waals surface area contributed by atoms with Crippen LogP contribution in [0.1, 0.15) is 18.3 Å². The first-order valence-corrected chi connectivity index (χ1v) is 6.25. The summed E-state index contributed by atoms with van der Waals surface area (Å²) in [7, 11) is 0. The van der Waals surface area contributed by atoms with Gasteiger partial charge in [-0.3, -0.25) is 0 Å². The second-order valence-electron chi connectivity index (χ2n) is 4.29. The van der Waals surface area contributed by atoms with Gasteiger partial charge < -0.3 is 19.3 Å². The Hall–Kier alpha value is -2.20. The summed E-state index contributed by atoms with van der Waals surface area (Å²) in [6.07, 6.45) is 3.78. The van der Waals surface area contributed by atoms with Gasteiger partial charge in [0.1, 0.15) is 5.76 Å². The van der Waals surface area contributed by atoms with Gasteiger partial charge in [0.2, 0.25) is 0 Å². The van der Waals surface area contributed by atoms with E-state index in [0.29, 0.717) is 18.7 Å². The summed E-state index contributed by atoms with van der Waals surface area (Å²) in [6, 6.07) is 11.5. The third kappa shape index (κ3) is 2.35. The molecule has 0 radical (unpaired) electrons. The third-order valence-electron chi connectivity index (χ3n) is 3.00. The van der Waals surface area contributed by atoms with Crippen molar-refractivity contribution in [3.05, 3.63) is 54.7 Å². The van der Waals surface area contributed by atoms with E-state index in [0.717, 1.165) is 16.7 Å². The zero-order valence-electron chi connectivity index (χ0n) is 10.4. The van der Waals surface area contributed by atoms with Gasteiger partial charge in [0.05, 0.1) is 12.5 Å². The van der Waals surface area contributed by atoms with Crippen LogP contribution in [0.3, 0.4) is 0 Å². The number of nitrogens with two attached hydrogens (primary N) is 1. The number of benzene rings is 1. The molecule has 0 spiro atoms. The molecule has 3 aromatic rings. The lowest BCUT2D eigenvalue weighted by atomic mass is 10.2. The summed E-state index contributed by atoms with van der Waals surface area (Å²) in [6.45, 7) is 0.527. The molecule has 1 atom stereocenters. The lowest BCUT2D eigenvalue weighted by Crippen LogP contribution is -2.12. The van der Waals surface area contributed by atoms with Crippen molar-refractivity contribution < 1.29 is 13.6 Å². The number of fused-ring (bicyclic) bond motifs is 1. The second kappa shape index (κ2) is 5.20. The van der Waals surface area contributed by atoms with Crippen LogP contribution in [0, 0.1) is 0 Å². The number of rotatable bonds is 5. The normalized spacial score (nSPS) is 12.7. The summed E-state index contributed by atoms with van der Waals surface area (Å²) in [5.41, 5.74) is 6.38. The Morgan fingerprint density at radius 2 is 2.00 bits per heavy atom. The van der Waals surface area contributed by atoms with Crippen molar-refractivity contribution in [2.24, 2.45) is 5.73 Å². The van der Waals surface area contributed by atoms with Gasteiger partial charge >= 0.3 is 0 Å². The first-order chi connectivity index (χ1) is 9.38. The largest absolute Gasteiger partial charge is 0.478 e. The number of ether oxygens (including phenoxy) is 1. The maximum Gasteiger partial charge on any atom is 0.175 e. The minimum Gasteiger partial charge on any atom is -0.478 e. The van der Waals surface area contributed by atoms with Crippen molar-refractivity contribution in [1.29, 1.82) is 0 Å². The van der Waals surface area contributed by atoms with E-state index in [2.05, 4.69) is 0 Å². The molecule has 2 heterocycles. The van der Waals surface area contributed by atoms with E-state index in [-0.39, 0.29) is 6.10 Å². The van der Waals surface area contributed by atoms with Gasteiger partial charge in [-0.25, -0.2) is 0 Å². The fourth-order valence-corrected chi connectivity index (χ4v) is 2.10. The van der Waals surface area contributed by atoms with E-state index < -0.39 is 0 Å². The number of furan rings is 2. The Morgan fingerprint density at radius 3 is 2.79 bits per heavy atom. The molecule has 0 bridgehead atoms. The van der Waals surface area contributed by atoms with Gasteiger partial charge in [-0.05, 0) is 30.8 Å². The minimum absolute atomic E-state index is 0.198. The number of hydrogen-bond donors (Lipinski definition) is 1. The van der Waals surface area contributed by atoms with Crippen LogP contribution in [0.2, 0.25) is 0 Å². The van der Waals surface area contributed by atoms with Crippen molar-refractivity contribution in [2.45, 2.75) is 12.5 Å².